The lowest BCUT2D eigenvalue weighted by molar-refractivity contribution is 0.0975. The summed E-state index contributed by atoms with van der Waals surface area (Å²) in [5.74, 6) is 1.23. The number of ether oxygens (including phenoxy) is 2. The molecule has 0 radical (unpaired) electrons. The van der Waals surface area contributed by atoms with Crippen molar-refractivity contribution in [1.82, 2.24) is 10.6 Å². The maximum atomic E-state index is 12.4. The Balaban J connectivity index is 1.85. The van der Waals surface area contributed by atoms with E-state index in [9.17, 15) is 4.79 Å². The number of thiocarbonyl (C=S) groups is 1. The Kier molecular flexibility index (Phi) is 8.26. The normalized spacial score (nSPS) is 11.6. The van der Waals surface area contributed by atoms with Gasteiger partial charge in [-0.25, -0.2) is 0 Å². The van der Waals surface area contributed by atoms with Crippen LogP contribution in [0.4, 0.5) is 0 Å². The largest absolute Gasteiger partial charge is 0.491 e. The van der Waals surface area contributed by atoms with E-state index in [1.54, 1.807) is 18.2 Å². The van der Waals surface area contributed by atoms with E-state index in [1.807, 2.05) is 51.1 Å². The molecule has 6 heteroatoms. The van der Waals surface area contributed by atoms with Gasteiger partial charge >= 0.3 is 0 Å². The molecule has 0 saturated carbocycles. The summed E-state index contributed by atoms with van der Waals surface area (Å²) in [7, 11) is 0. The average Bonchev–Trinajstić information content (AvgIpc) is 2.67. The van der Waals surface area contributed by atoms with Gasteiger partial charge in [0.05, 0.1) is 12.2 Å². The molecule has 28 heavy (non-hydrogen) atoms. The maximum Gasteiger partial charge on any atom is 0.257 e. The molecule has 1 amide bonds. The second kappa shape index (κ2) is 10.7. The topological polar surface area (TPSA) is 59.6 Å². The zero-order chi connectivity index (χ0) is 20.5. The van der Waals surface area contributed by atoms with E-state index < -0.39 is 0 Å². The zero-order valence-electron chi connectivity index (χ0n) is 16.8. The highest BCUT2D eigenvalue weighted by atomic mass is 32.1. The van der Waals surface area contributed by atoms with Gasteiger partial charge in [-0.2, -0.15) is 0 Å². The van der Waals surface area contributed by atoms with Crippen molar-refractivity contribution in [1.29, 1.82) is 0 Å². The summed E-state index contributed by atoms with van der Waals surface area (Å²) >= 11 is 5.23. The van der Waals surface area contributed by atoms with Gasteiger partial charge in [0.25, 0.3) is 5.91 Å². The molecule has 0 fully saturated rings. The summed E-state index contributed by atoms with van der Waals surface area (Å²) in [6.45, 7) is 8.54. The number of hydrogen-bond donors (Lipinski definition) is 2. The SMILES string of the molecule is CCC(C)Oc1cccc(C(=O)NC(=S)NCc2ccc(OC(C)C)cc2)c1. The molecule has 0 aliphatic rings. The van der Waals surface area contributed by atoms with Gasteiger partial charge in [-0.1, -0.05) is 25.1 Å². The van der Waals surface area contributed by atoms with Gasteiger partial charge in [0.1, 0.15) is 11.5 Å². The highest BCUT2D eigenvalue weighted by Gasteiger charge is 2.10. The molecular weight excluding hydrogens is 372 g/mol. The molecule has 150 valence electrons. The number of carbonyl (C=O) groups is 1. The van der Waals surface area contributed by atoms with Crippen LogP contribution in [0.3, 0.4) is 0 Å². The summed E-state index contributed by atoms with van der Waals surface area (Å²) in [4.78, 5) is 12.4. The van der Waals surface area contributed by atoms with Crippen molar-refractivity contribution < 1.29 is 14.3 Å². The fourth-order valence-corrected chi connectivity index (χ4v) is 2.55. The molecule has 0 aromatic heterocycles. The van der Waals surface area contributed by atoms with Crippen molar-refractivity contribution in [2.45, 2.75) is 52.9 Å². The number of benzene rings is 2. The third-order valence-corrected chi connectivity index (χ3v) is 4.23. The van der Waals surface area contributed by atoms with Crippen molar-refractivity contribution >= 4 is 23.2 Å². The van der Waals surface area contributed by atoms with Gasteiger partial charge in [-0.15, -0.1) is 0 Å². The van der Waals surface area contributed by atoms with Crippen LogP contribution in [0.15, 0.2) is 48.5 Å². The number of nitrogens with one attached hydrogen (secondary N) is 2. The van der Waals surface area contributed by atoms with Crippen LogP contribution in [0, 0.1) is 0 Å². The minimum absolute atomic E-state index is 0.0957. The van der Waals surface area contributed by atoms with Crippen LogP contribution in [0.5, 0.6) is 11.5 Å². The Morgan fingerprint density at radius 3 is 2.39 bits per heavy atom. The minimum atomic E-state index is -0.271. The van der Waals surface area contributed by atoms with E-state index in [1.165, 1.54) is 0 Å². The van der Waals surface area contributed by atoms with Gasteiger partial charge in [-0.05, 0) is 75.3 Å². The van der Waals surface area contributed by atoms with Gasteiger partial charge in [0.15, 0.2) is 5.11 Å². The molecule has 1 unspecified atom stereocenters. The van der Waals surface area contributed by atoms with Gasteiger partial charge in [0, 0.05) is 12.1 Å². The van der Waals surface area contributed by atoms with Crippen molar-refractivity contribution in [3.8, 4) is 11.5 Å². The molecule has 0 heterocycles. The van der Waals surface area contributed by atoms with Crippen LogP contribution in [0.1, 0.15) is 50.0 Å². The second-order valence-electron chi connectivity index (χ2n) is 6.81. The van der Waals surface area contributed by atoms with Gasteiger partial charge in [0.2, 0.25) is 0 Å². The van der Waals surface area contributed by atoms with E-state index in [-0.39, 0.29) is 23.2 Å². The van der Waals surface area contributed by atoms with E-state index in [4.69, 9.17) is 21.7 Å². The average molecular weight is 401 g/mol. The van der Waals surface area contributed by atoms with E-state index in [2.05, 4.69) is 17.6 Å². The fraction of sp³-hybridized carbons (Fsp3) is 0.364. The second-order valence-corrected chi connectivity index (χ2v) is 7.22. The quantitative estimate of drug-likeness (QED) is 0.641. The van der Waals surface area contributed by atoms with Gasteiger partial charge < -0.3 is 14.8 Å². The van der Waals surface area contributed by atoms with Crippen molar-refractivity contribution in [3.63, 3.8) is 0 Å². The first-order valence-electron chi connectivity index (χ1n) is 9.49. The van der Waals surface area contributed by atoms with Crippen LogP contribution in [0.25, 0.3) is 0 Å². The molecule has 0 spiro atoms. The molecule has 0 aliphatic heterocycles. The van der Waals surface area contributed by atoms with E-state index in [0.29, 0.717) is 17.9 Å². The number of hydrogen-bond acceptors (Lipinski definition) is 4. The summed E-state index contributed by atoms with van der Waals surface area (Å²) in [6, 6.07) is 14.8. The van der Waals surface area contributed by atoms with Crippen molar-refractivity contribution in [2.75, 3.05) is 0 Å². The molecule has 1 atom stereocenters. The Morgan fingerprint density at radius 2 is 1.75 bits per heavy atom. The Bertz CT molecular complexity index is 791. The fourth-order valence-electron chi connectivity index (χ4n) is 2.39. The zero-order valence-corrected chi connectivity index (χ0v) is 17.6. The maximum absolute atomic E-state index is 12.4. The molecule has 0 bridgehead atoms. The first kappa shape index (κ1) is 21.7. The molecule has 2 aromatic rings. The number of amides is 1. The summed E-state index contributed by atoms with van der Waals surface area (Å²) in [5.41, 5.74) is 1.54. The van der Waals surface area contributed by atoms with Crippen LogP contribution in [-0.2, 0) is 6.54 Å². The monoisotopic (exact) mass is 400 g/mol. The Hall–Kier alpha value is -2.60. The van der Waals surface area contributed by atoms with Crippen LogP contribution >= 0.6 is 12.2 Å². The first-order chi connectivity index (χ1) is 13.4. The van der Waals surface area contributed by atoms with Crippen LogP contribution < -0.4 is 20.1 Å². The lowest BCUT2D eigenvalue weighted by Gasteiger charge is -2.14. The molecule has 2 N–H and O–H groups in total. The van der Waals surface area contributed by atoms with Gasteiger partial charge in [-0.3, -0.25) is 10.1 Å². The third-order valence-electron chi connectivity index (χ3n) is 3.98. The van der Waals surface area contributed by atoms with E-state index in [0.717, 1.165) is 17.7 Å². The number of carbonyl (C=O) groups excluding carboxylic acids is 1. The number of rotatable bonds is 8. The predicted octanol–water partition coefficient (Wildman–Crippen LogP) is 4.46. The Labute approximate surface area is 172 Å². The van der Waals surface area contributed by atoms with Crippen molar-refractivity contribution in [2.24, 2.45) is 0 Å². The predicted molar refractivity (Wildman–Crippen MR) is 116 cm³/mol. The summed E-state index contributed by atoms with van der Waals surface area (Å²) < 4.78 is 11.4. The summed E-state index contributed by atoms with van der Waals surface area (Å²) in [5, 5.41) is 6.02. The van der Waals surface area contributed by atoms with Crippen molar-refractivity contribution in [3.05, 3.63) is 59.7 Å². The highest BCUT2D eigenvalue weighted by molar-refractivity contribution is 7.80. The molecule has 2 aromatic carbocycles. The standard InChI is InChI=1S/C22H28N2O3S/c1-5-16(4)27-20-8-6-7-18(13-20)21(25)24-22(28)23-14-17-9-11-19(12-10-17)26-15(2)3/h6-13,15-16H,5,14H2,1-4H3,(H2,23,24,25,28). The van der Waals surface area contributed by atoms with Crippen LogP contribution in [-0.4, -0.2) is 23.2 Å². The lowest BCUT2D eigenvalue weighted by Crippen LogP contribution is -2.38. The smallest absolute Gasteiger partial charge is 0.257 e. The third kappa shape index (κ3) is 7.19. The molecule has 0 aliphatic carbocycles. The first-order valence-corrected chi connectivity index (χ1v) is 9.89. The van der Waals surface area contributed by atoms with E-state index >= 15 is 0 Å². The lowest BCUT2D eigenvalue weighted by atomic mass is 10.2. The minimum Gasteiger partial charge on any atom is -0.491 e. The molecule has 2 rings (SSSR count). The molecule has 5 nitrogen and oxygen atoms in total. The molecular formula is C22H28N2O3S. The van der Waals surface area contributed by atoms with Crippen LogP contribution in [0.2, 0.25) is 0 Å². The molecule has 0 saturated heterocycles. The highest BCUT2D eigenvalue weighted by Crippen LogP contribution is 2.16. The Morgan fingerprint density at radius 1 is 1.04 bits per heavy atom. The summed E-state index contributed by atoms with van der Waals surface area (Å²) in [6.07, 6.45) is 1.13.